The summed E-state index contributed by atoms with van der Waals surface area (Å²) < 4.78 is 0. The first-order valence-corrected chi connectivity index (χ1v) is 2.30. The smallest absolute Gasteiger partial charge is 0.426 e. The third kappa shape index (κ3) is 4.40. The lowest BCUT2D eigenvalue weighted by Crippen LogP contribution is -2.38. The minimum Gasteiger partial charge on any atom is -0.426 e. The second-order valence-electron chi connectivity index (χ2n) is 1.49. The van der Waals surface area contributed by atoms with E-state index in [4.69, 9.17) is 15.8 Å². The third-order valence-electron chi connectivity index (χ3n) is 0.854. The van der Waals surface area contributed by atoms with Gasteiger partial charge in [-0.15, -0.1) is 12.4 Å². The number of nitrogens with two attached hydrogens (primary N) is 1. The monoisotopic (exact) mass is 139 g/mol. The Morgan fingerprint density at radius 2 is 2.00 bits per heavy atom. The predicted octanol–water partition coefficient (Wildman–Crippen LogP) is -0.842. The van der Waals surface area contributed by atoms with Crippen LogP contribution in [0.5, 0.6) is 0 Å². The van der Waals surface area contributed by atoms with Crippen molar-refractivity contribution in [2.45, 2.75) is 19.3 Å². The lowest BCUT2D eigenvalue weighted by atomic mass is 9.79. The van der Waals surface area contributed by atoms with E-state index >= 15 is 0 Å². The van der Waals surface area contributed by atoms with Crippen LogP contribution in [0.1, 0.15) is 13.3 Å². The Labute approximate surface area is 55.4 Å². The minimum absolute atomic E-state index is 0. The van der Waals surface area contributed by atoms with Crippen LogP contribution < -0.4 is 5.73 Å². The molecule has 0 unspecified atom stereocenters. The molecular weight excluding hydrogens is 128 g/mol. The fourth-order valence-electron chi connectivity index (χ4n) is 0.211. The Balaban J connectivity index is 0. The summed E-state index contributed by atoms with van der Waals surface area (Å²) in [6, 6.07) is 0. The zero-order chi connectivity index (χ0) is 5.86. The molecule has 8 heavy (non-hydrogen) atoms. The van der Waals surface area contributed by atoms with Gasteiger partial charge in [-0.2, -0.15) is 0 Å². The molecule has 0 bridgehead atoms. The Morgan fingerprint density at radius 1 is 1.62 bits per heavy atom. The zero-order valence-corrected chi connectivity index (χ0v) is 5.56. The highest BCUT2D eigenvalue weighted by atomic mass is 35.5. The Morgan fingerprint density at radius 3 is 2.00 bits per heavy atom. The summed E-state index contributed by atoms with van der Waals surface area (Å²) in [6.07, 6.45) is 0.595. The summed E-state index contributed by atoms with van der Waals surface area (Å²) in [5, 5.41) is 16.5. The topological polar surface area (TPSA) is 66.5 Å². The molecule has 0 fully saturated rings. The Hall–Kier alpha value is 0.235. The van der Waals surface area contributed by atoms with E-state index in [9.17, 15) is 0 Å². The van der Waals surface area contributed by atoms with Gasteiger partial charge in [-0.1, -0.05) is 6.92 Å². The molecule has 0 heterocycles. The van der Waals surface area contributed by atoms with Gasteiger partial charge in [-0.3, -0.25) is 0 Å². The van der Waals surface area contributed by atoms with Crippen molar-refractivity contribution < 1.29 is 10.0 Å². The van der Waals surface area contributed by atoms with Crippen molar-refractivity contribution in [1.82, 2.24) is 0 Å². The molecule has 0 aliphatic rings. The Kier molecular flexibility index (Phi) is 7.45. The van der Waals surface area contributed by atoms with Gasteiger partial charge in [0.1, 0.15) is 0 Å². The second-order valence-corrected chi connectivity index (χ2v) is 1.49. The van der Waals surface area contributed by atoms with Crippen LogP contribution in [0.4, 0.5) is 0 Å². The minimum atomic E-state index is -1.36. The summed E-state index contributed by atoms with van der Waals surface area (Å²) in [5.74, 6) is -0.486. The molecule has 0 aliphatic heterocycles. The standard InChI is InChI=1S/C3H10BNO2.ClH/c1-2-3(5)4(6)7;/h3,6-7H,2,5H2,1H3;1H/t3-;/m0./s1. The van der Waals surface area contributed by atoms with Crippen molar-refractivity contribution in [3.05, 3.63) is 0 Å². The van der Waals surface area contributed by atoms with Gasteiger partial charge < -0.3 is 15.8 Å². The first-order valence-electron chi connectivity index (χ1n) is 2.30. The van der Waals surface area contributed by atoms with Crippen molar-refractivity contribution in [2.24, 2.45) is 5.73 Å². The van der Waals surface area contributed by atoms with Gasteiger partial charge in [0.2, 0.25) is 0 Å². The van der Waals surface area contributed by atoms with Gasteiger partial charge in [0, 0.05) is 5.94 Å². The molecule has 50 valence electrons. The van der Waals surface area contributed by atoms with E-state index in [2.05, 4.69) is 0 Å². The zero-order valence-electron chi connectivity index (χ0n) is 4.74. The molecule has 0 spiro atoms. The highest BCUT2D eigenvalue weighted by Crippen LogP contribution is 1.84. The largest absolute Gasteiger partial charge is 0.469 e. The SMILES string of the molecule is CC[C@H](N)B(O)O.Cl. The summed E-state index contributed by atoms with van der Waals surface area (Å²) in [5.41, 5.74) is 5.12. The van der Waals surface area contributed by atoms with E-state index in [1.54, 1.807) is 6.92 Å². The van der Waals surface area contributed by atoms with Crippen LogP contribution in [0.15, 0.2) is 0 Å². The van der Waals surface area contributed by atoms with Crippen molar-refractivity contribution in [2.75, 3.05) is 0 Å². The van der Waals surface area contributed by atoms with Crippen molar-refractivity contribution in [3.63, 3.8) is 0 Å². The molecule has 0 saturated carbocycles. The molecule has 5 heteroatoms. The molecule has 0 rings (SSSR count). The third-order valence-corrected chi connectivity index (χ3v) is 0.854. The number of halogens is 1. The molecule has 0 aliphatic carbocycles. The molecule has 0 amide bonds. The summed E-state index contributed by atoms with van der Waals surface area (Å²) in [4.78, 5) is 0. The van der Waals surface area contributed by atoms with Gasteiger partial charge in [0.25, 0.3) is 0 Å². The first kappa shape index (κ1) is 11.1. The van der Waals surface area contributed by atoms with Crippen LogP contribution >= 0.6 is 12.4 Å². The maximum atomic E-state index is 8.25. The van der Waals surface area contributed by atoms with Gasteiger partial charge in [-0.05, 0) is 6.42 Å². The van der Waals surface area contributed by atoms with Crippen LogP contribution in [0.25, 0.3) is 0 Å². The average Bonchev–Trinajstić information content (AvgIpc) is 1.65. The second kappa shape index (κ2) is 5.37. The normalized spacial score (nSPS) is 12.0. The molecule has 0 radical (unpaired) electrons. The van der Waals surface area contributed by atoms with Gasteiger partial charge in [0.15, 0.2) is 0 Å². The van der Waals surface area contributed by atoms with E-state index in [1.807, 2.05) is 0 Å². The van der Waals surface area contributed by atoms with Crippen LogP contribution in [0, 0.1) is 0 Å². The predicted molar refractivity (Wildman–Crippen MR) is 35.7 cm³/mol. The molecular formula is C3H11BClNO2. The van der Waals surface area contributed by atoms with Gasteiger partial charge in [-0.25, -0.2) is 0 Å². The summed E-state index contributed by atoms with van der Waals surface area (Å²) in [7, 11) is -1.36. The van der Waals surface area contributed by atoms with E-state index in [-0.39, 0.29) is 12.4 Å². The average molecular weight is 139 g/mol. The van der Waals surface area contributed by atoms with Crippen LogP contribution in [0.3, 0.4) is 0 Å². The first-order chi connectivity index (χ1) is 3.18. The maximum absolute atomic E-state index is 8.25. The van der Waals surface area contributed by atoms with Crippen molar-refractivity contribution >= 4 is 19.5 Å². The lowest BCUT2D eigenvalue weighted by Gasteiger charge is -2.03. The van der Waals surface area contributed by atoms with E-state index in [1.165, 1.54) is 0 Å². The van der Waals surface area contributed by atoms with Crippen LogP contribution in [-0.4, -0.2) is 23.1 Å². The number of rotatable bonds is 2. The maximum Gasteiger partial charge on any atom is 0.469 e. The van der Waals surface area contributed by atoms with Crippen LogP contribution in [0.2, 0.25) is 0 Å². The quantitative estimate of drug-likeness (QED) is 0.437. The van der Waals surface area contributed by atoms with Crippen LogP contribution in [-0.2, 0) is 0 Å². The molecule has 1 atom stereocenters. The highest BCUT2D eigenvalue weighted by molar-refractivity contribution is 6.43. The molecule has 0 aromatic carbocycles. The van der Waals surface area contributed by atoms with Crippen molar-refractivity contribution in [1.29, 1.82) is 0 Å². The molecule has 4 N–H and O–H groups in total. The molecule has 3 nitrogen and oxygen atoms in total. The lowest BCUT2D eigenvalue weighted by molar-refractivity contribution is 0.385. The van der Waals surface area contributed by atoms with Gasteiger partial charge in [0.05, 0.1) is 0 Å². The molecule has 0 aromatic rings. The number of hydrogen-bond acceptors (Lipinski definition) is 3. The van der Waals surface area contributed by atoms with E-state index in [0.717, 1.165) is 0 Å². The summed E-state index contributed by atoms with van der Waals surface area (Å²) >= 11 is 0. The Bertz CT molecular complexity index is 54.5. The molecule has 0 saturated heterocycles. The highest BCUT2D eigenvalue weighted by Gasteiger charge is 2.14. The fourth-order valence-corrected chi connectivity index (χ4v) is 0.211. The van der Waals surface area contributed by atoms with Crippen molar-refractivity contribution in [3.8, 4) is 0 Å². The van der Waals surface area contributed by atoms with E-state index < -0.39 is 13.1 Å². The van der Waals surface area contributed by atoms with Gasteiger partial charge >= 0.3 is 7.12 Å². The fraction of sp³-hybridized carbons (Fsp3) is 1.00. The van der Waals surface area contributed by atoms with E-state index in [0.29, 0.717) is 6.42 Å². The summed E-state index contributed by atoms with van der Waals surface area (Å²) in [6.45, 7) is 1.80. The molecule has 0 aromatic heterocycles. The number of hydrogen-bond donors (Lipinski definition) is 3.